The van der Waals surface area contributed by atoms with Gasteiger partial charge >= 0.3 is 5.97 Å². The molecule has 1 amide bonds. The number of aromatic nitrogens is 1. The van der Waals surface area contributed by atoms with Gasteiger partial charge in [0.1, 0.15) is 5.82 Å². The number of hydrogen-bond acceptors (Lipinski definition) is 3. The summed E-state index contributed by atoms with van der Waals surface area (Å²) in [6.07, 6.45) is 3.31. The van der Waals surface area contributed by atoms with E-state index in [1.165, 1.54) is 0 Å². The molecule has 0 unspecified atom stereocenters. The summed E-state index contributed by atoms with van der Waals surface area (Å²) in [5, 5.41) is 10.7. The van der Waals surface area contributed by atoms with Crippen molar-refractivity contribution in [3.63, 3.8) is 0 Å². The third-order valence-corrected chi connectivity index (χ3v) is 1.54. The fourth-order valence-corrected chi connectivity index (χ4v) is 0.857. The Hall–Kier alpha value is -2.17. The lowest BCUT2D eigenvalue weighted by Gasteiger charge is -2.00. The van der Waals surface area contributed by atoms with E-state index in [9.17, 15) is 9.59 Å². The number of rotatable bonds is 3. The van der Waals surface area contributed by atoms with Crippen LogP contribution in [0.5, 0.6) is 0 Å². The van der Waals surface area contributed by atoms with Gasteiger partial charge in [0, 0.05) is 18.3 Å². The lowest BCUT2D eigenvalue weighted by Crippen LogP contribution is -2.09. The maximum absolute atomic E-state index is 11.1. The number of amides is 1. The molecule has 2 N–H and O–H groups in total. The zero-order chi connectivity index (χ0) is 11.3. The van der Waals surface area contributed by atoms with E-state index in [4.69, 9.17) is 5.11 Å². The van der Waals surface area contributed by atoms with Gasteiger partial charge in [-0.25, -0.2) is 9.78 Å². The van der Waals surface area contributed by atoms with E-state index in [2.05, 4.69) is 10.3 Å². The summed E-state index contributed by atoms with van der Waals surface area (Å²) in [5.41, 5.74) is 0.981. The summed E-state index contributed by atoms with van der Waals surface area (Å²) in [5.74, 6) is -1.29. The predicted molar refractivity (Wildman–Crippen MR) is 54.4 cm³/mol. The molecule has 0 spiro atoms. The quantitative estimate of drug-likeness (QED) is 0.722. The zero-order valence-corrected chi connectivity index (χ0v) is 8.10. The van der Waals surface area contributed by atoms with Gasteiger partial charge in [-0.05, 0) is 18.6 Å². The molecule has 5 nitrogen and oxygen atoms in total. The van der Waals surface area contributed by atoms with Crippen molar-refractivity contribution >= 4 is 17.7 Å². The van der Waals surface area contributed by atoms with Crippen LogP contribution in [0.4, 0.5) is 5.82 Å². The van der Waals surface area contributed by atoms with Crippen molar-refractivity contribution in [3.05, 3.63) is 36.0 Å². The monoisotopic (exact) mass is 206 g/mol. The molecule has 0 bridgehead atoms. The van der Waals surface area contributed by atoms with Gasteiger partial charge in [-0.1, -0.05) is 6.07 Å². The first-order valence-corrected chi connectivity index (χ1v) is 4.22. The van der Waals surface area contributed by atoms with Crippen molar-refractivity contribution in [1.29, 1.82) is 0 Å². The predicted octanol–water partition coefficient (Wildman–Crippen LogP) is 0.969. The molecule has 0 aliphatic rings. The lowest BCUT2D eigenvalue weighted by atomic mass is 10.3. The second-order valence-electron chi connectivity index (χ2n) is 2.88. The first-order chi connectivity index (χ1) is 7.08. The number of anilines is 1. The minimum atomic E-state index is -1.16. The molecule has 1 heterocycles. The third kappa shape index (κ3) is 4.04. The summed E-state index contributed by atoms with van der Waals surface area (Å²) < 4.78 is 0. The standard InChI is InChI=1S/C10H10N2O3/c1-7-2-3-8(11-6-7)12-9(13)4-5-10(14)15/h2-6H,1H3,(H,14,15)(H,11,12,13). The van der Waals surface area contributed by atoms with Crippen LogP contribution >= 0.6 is 0 Å². The highest BCUT2D eigenvalue weighted by atomic mass is 16.4. The number of aryl methyl sites for hydroxylation is 1. The Kier molecular flexibility index (Phi) is 3.56. The van der Waals surface area contributed by atoms with Crippen LogP contribution in [0.3, 0.4) is 0 Å². The lowest BCUT2D eigenvalue weighted by molar-refractivity contribution is -0.131. The zero-order valence-electron chi connectivity index (χ0n) is 8.10. The average Bonchev–Trinajstić information content (AvgIpc) is 2.19. The molecule has 0 aliphatic carbocycles. The van der Waals surface area contributed by atoms with E-state index in [1.807, 2.05) is 6.92 Å². The second-order valence-corrected chi connectivity index (χ2v) is 2.88. The molecule has 0 aromatic carbocycles. The third-order valence-electron chi connectivity index (χ3n) is 1.54. The molecular weight excluding hydrogens is 196 g/mol. The maximum atomic E-state index is 11.1. The maximum Gasteiger partial charge on any atom is 0.328 e. The van der Waals surface area contributed by atoms with Crippen LogP contribution in [0.15, 0.2) is 30.5 Å². The average molecular weight is 206 g/mol. The van der Waals surface area contributed by atoms with Crippen molar-refractivity contribution in [2.75, 3.05) is 5.32 Å². The number of pyridine rings is 1. The first-order valence-electron chi connectivity index (χ1n) is 4.22. The number of carboxylic acid groups (broad SMARTS) is 1. The molecule has 1 aromatic rings. The van der Waals surface area contributed by atoms with E-state index in [-0.39, 0.29) is 0 Å². The highest BCUT2D eigenvalue weighted by Gasteiger charge is 1.98. The Bertz CT molecular complexity index is 396. The number of nitrogens with zero attached hydrogens (tertiary/aromatic N) is 1. The first kappa shape index (κ1) is 10.9. The Labute approximate surface area is 86.5 Å². The van der Waals surface area contributed by atoms with Crippen LogP contribution in [-0.4, -0.2) is 22.0 Å². The van der Waals surface area contributed by atoms with E-state index in [0.29, 0.717) is 5.82 Å². The number of hydrogen-bond donors (Lipinski definition) is 2. The van der Waals surface area contributed by atoms with Gasteiger partial charge in [-0.15, -0.1) is 0 Å². The van der Waals surface area contributed by atoms with Gasteiger partial charge in [0.2, 0.25) is 5.91 Å². The Morgan fingerprint density at radius 1 is 1.40 bits per heavy atom. The molecular formula is C10H10N2O3. The van der Waals surface area contributed by atoms with Gasteiger partial charge in [0.15, 0.2) is 0 Å². The minimum Gasteiger partial charge on any atom is -0.478 e. The molecule has 1 aromatic heterocycles. The molecule has 0 atom stereocenters. The summed E-state index contributed by atoms with van der Waals surface area (Å²) in [7, 11) is 0. The van der Waals surface area contributed by atoms with Crippen molar-refractivity contribution in [1.82, 2.24) is 4.98 Å². The fraction of sp³-hybridized carbons (Fsp3) is 0.100. The number of carboxylic acids is 1. The summed E-state index contributed by atoms with van der Waals surface area (Å²) in [6, 6.07) is 3.44. The van der Waals surface area contributed by atoms with E-state index in [1.54, 1.807) is 18.3 Å². The van der Waals surface area contributed by atoms with Crippen molar-refractivity contribution in [3.8, 4) is 0 Å². The molecule has 0 fully saturated rings. The van der Waals surface area contributed by atoms with Crippen LogP contribution in [0.2, 0.25) is 0 Å². The Balaban J connectivity index is 2.59. The molecule has 1 rings (SSSR count). The topological polar surface area (TPSA) is 79.3 Å². The largest absolute Gasteiger partial charge is 0.478 e. The SMILES string of the molecule is Cc1ccc(NC(=O)C=CC(=O)O)nc1. The summed E-state index contributed by atoms with van der Waals surface area (Å²) in [4.78, 5) is 25.2. The smallest absolute Gasteiger partial charge is 0.328 e. The van der Waals surface area contributed by atoms with Crippen molar-refractivity contribution in [2.24, 2.45) is 0 Å². The van der Waals surface area contributed by atoms with E-state index in [0.717, 1.165) is 17.7 Å². The van der Waals surface area contributed by atoms with Gasteiger partial charge < -0.3 is 10.4 Å². The summed E-state index contributed by atoms with van der Waals surface area (Å²) >= 11 is 0. The highest BCUT2D eigenvalue weighted by Crippen LogP contribution is 2.03. The Morgan fingerprint density at radius 2 is 2.13 bits per heavy atom. The van der Waals surface area contributed by atoms with E-state index >= 15 is 0 Å². The molecule has 0 radical (unpaired) electrons. The molecule has 0 saturated carbocycles. The van der Waals surface area contributed by atoms with Crippen molar-refractivity contribution < 1.29 is 14.7 Å². The summed E-state index contributed by atoms with van der Waals surface area (Å²) in [6.45, 7) is 1.88. The van der Waals surface area contributed by atoms with Crippen LogP contribution in [0.1, 0.15) is 5.56 Å². The number of carbonyl (C=O) groups is 2. The van der Waals surface area contributed by atoms with Crippen LogP contribution in [0, 0.1) is 6.92 Å². The second kappa shape index (κ2) is 4.90. The minimum absolute atomic E-state index is 0.389. The number of aliphatic carboxylic acids is 1. The van der Waals surface area contributed by atoms with Gasteiger partial charge in [0.05, 0.1) is 0 Å². The molecule has 78 valence electrons. The van der Waals surface area contributed by atoms with E-state index < -0.39 is 11.9 Å². The number of nitrogens with one attached hydrogen (secondary N) is 1. The molecule has 0 saturated heterocycles. The molecule has 0 aliphatic heterocycles. The molecule has 15 heavy (non-hydrogen) atoms. The highest BCUT2D eigenvalue weighted by molar-refractivity contribution is 6.01. The van der Waals surface area contributed by atoms with Gasteiger partial charge in [-0.3, -0.25) is 4.79 Å². The Morgan fingerprint density at radius 3 is 2.67 bits per heavy atom. The number of carbonyl (C=O) groups excluding carboxylic acids is 1. The van der Waals surface area contributed by atoms with Crippen LogP contribution in [0.25, 0.3) is 0 Å². The normalized spacial score (nSPS) is 10.2. The fourth-order valence-electron chi connectivity index (χ4n) is 0.857. The molecule has 5 heteroatoms. The van der Waals surface area contributed by atoms with Gasteiger partial charge in [0.25, 0.3) is 0 Å². The van der Waals surface area contributed by atoms with Crippen LogP contribution < -0.4 is 5.32 Å². The van der Waals surface area contributed by atoms with Crippen LogP contribution in [-0.2, 0) is 9.59 Å². The van der Waals surface area contributed by atoms with Crippen molar-refractivity contribution in [2.45, 2.75) is 6.92 Å². The van der Waals surface area contributed by atoms with Gasteiger partial charge in [-0.2, -0.15) is 0 Å².